The number of allylic oxidation sites excluding steroid dienone is 3. The normalized spacial score (nSPS) is 27.4. The highest BCUT2D eigenvalue weighted by molar-refractivity contribution is 5.29. The predicted octanol–water partition coefficient (Wildman–Crippen LogP) is 3.09. The van der Waals surface area contributed by atoms with Gasteiger partial charge in [-0.3, -0.25) is 0 Å². The molecular weight excluding hydrogens is 206 g/mol. The Morgan fingerprint density at radius 3 is 2.94 bits per heavy atom. The quantitative estimate of drug-likeness (QED) is 0.815. The first-order valence-corrected chi connectivity index (χ1v) is 6.57. The van der Waals surface area contributed by atoms with Gasteiger partial charge in [0, 0.05) is 6.04 Å². The molecule has 1 heterocycles. The molecule has 0 aromatic heterocycles. The molecule has 17 heavy (non-hydrogen) atoms. The van der Waals surface area contributed by atoms with Crippen LogP contribution in [0.5, 0.6) is 0 Å². The van der Waals surface area contributed by atoms with Crippen LogP contribution in [0.4, 0.5) is 0 Å². The van der Waals surface area contributed by atoms with Crippen LogP contribution in [0.15, 0.2) is 54.1 Å². The number of nitrogens with one attached hydrogen (secondary N) is 1. The van der Waals surface area contributed by atoms with Crippen molar-refractivity contribution >= 4 is 0 Å². The predicted molar refractivity (Wildman–Crippen MR) is 71.9 cm³/mol. The number of rotatable bonds is 2. The second kappa shape index (κ2) is 4.89. The fraction of sp³-hybridized carbons (Fsp3) is 0.375. The molecule has 2 atom stereocenters. The summed E-state index contributed by atoms with van der Waals surface area (Å²) in [6.07, 6.45) is 10.5. The molecule has 0 bridgehead atoms. The van der Waals surface area contributed by atoms with Crippen molar-refractivity contribution in [2.75, 3.05) is 6.54 Å². The Morgan fingerprint density at radius 1 is 1.18 bits per heavy atom. The third-order valence-corrected chi connectivity index (χ3v) is 3.89. The molecule has 1 heteroatoms. The van der Waals surface area contributed by atoms with Crippen molar-refractivity contribution < 1.29 is 0 Å². The highest BCUT2D eigenvalue weighted by atomic mass is 14.9. The number of benzene rings is 1. The van der Waals surface area contributed by atoms with E-state index in [1.165, 1.54) is 18.4 Å². The van der Waals surface area contributed by atoms with Crippen LogP contribution in [0.2, 0.25) is 0 Å². The summed E-state index contributed by atoms with van der Waals surface area (Å²) in [6, 6.07) is 11.3. The molecule has 1 aliphatic heterocycles. The molecule has 3 rings (SSSR count). The van der Waals surface area contributed by atoms with Crippen LogP contribution in [0.3, 0.4) is 0 Å². The summed E-state index contributed by atoms with van der Waals surface area (Å²) in [5.74, 6) is 0.787. The van der Waals surface area contributed by atoms with E-state index in [2.05, 4.69) is 53.9 Å². The maximum atomic E-state index is 3.66. The van der Waals surface area contributed by atoms with Crippen LogP contribution >= 0.6 is 0 Å². The lowest BCUT2D eigenvalue weighted by atomic mass is 9.80. The minimum atomic E-state index is 0.543. The Balaban J connectivity index is 1.78. The van der Waals surface area contributed by atoms with Crippen LogP contribution in [-0.4, -0.2) is 12.6 Å². The zero-order valence-electron chi connectivity index (χ0n) is 10.1. The lowest BCUT2D eigenvalue weighted by molar-refractivity contribution is 0.394. The lowest BCUT2D eigenvalue weighted by Crippen LogP contribution is -2.42. The number of hydrogen-bond acceptors (Lipinski definition) is 1. The zero-order chi connectivity index (χ0) is 11.5. The maximum Gasteiger partial charge on any atom is 0.0325 e. The van der Waals surface area contributed by atoms with Crippen molar-refractivity contribution in [3.8, 4) is 0 Å². The Morgan fingerprint density at radius 2 is 2.06 bits per heavy atom. The van der Waals surface area contributed by atoms with E-state index in [1.807, 2.05) is 0 Å². The standard InChI is InChI=1S/C16H19N/c1-2-6-13(7-3-1)12-16-15-9-5-4-8-14(15)10-11-17-16/h1-7,9,14,16-17H,8,10-12H2. The van der Waals surface area contributed by atoms with Crippen molar-refractivity contribution in [2.45, 2.75) is 25.3 Å². The monoisotopic (exact) mass is 225 g/mol. The summed E-state index contributed by atoms with van der Waals surface area (Å²) in [7, 11) is 0. The molecule has 0 amide bonds. The maximum absolute atomic E-state index is 3.66. The number of piperidine rings is 1. The van der Waals surface area contributed by atoms with Gasteiger partial charge in [-0.15, -0.1) is 0 Å². The van der Waals surface area contributed by atoms with E-state index < -0.39 is 0 Å². The van der Waals surface area contributed by atoms with E-state index in [0.29, 0.717) is 6.04 Å². The summed E-state index contributed by atoms with van der Waals surface area (Å²) in [6.45, 7) is 1.16. The van der Waals surface area contributed by atoms with E-state index >= 15 is 0 Å². The molecule has 1 aromatic carbocycles. The molecule has 1 aliphatic carbocycles. The molecule has 1 saturated heterocycles. The number of fused-ring (bicyclic) bond motifs is 1. The molecule has 1 nitrogen and oxygen atoms in total. The first kappa shape index (κ1) is 10.8. The average molecular weight is 225 g/mol. The first-order valence-electron chi connectivity index (χ1n) is 6.57. The van der Waals surface area contributed by atoms with Gasteiger partial charge >= 0.3 is 0 Å². The summed E-state index contributed by atoms with van der Waals surface area (Å²) < 4.78 is 0. The van der Waals surface area contributed by atoms with Gasteiger partial charge in [0.05, 0.1) is 0 Å². The molecule has 1 fully saturated rings. The van der Waals surface area contributed by atoms with Crippen molar-refractivity contribution in [3.05, 3.63) is 59.7 Å². The van der Waals surface area contributed by atoms with Gasteiger partial charge in [0.25, 0.3) is 0 Å². The fourth-order valence-electron chi connectivity index (χ4n) is 2.97. The topological polar surface area (TPSA) is 12.0 Å². The Hall–Kier alpha value is -1.34. The van der Waals surface area contributed by atoms with Crippen LogP contribution < -0.4 is 5.32 Å². The Labute approximate surface area is 103 Å². The van der Waals surface area contributed by atoms with Gasteiger partial charge in [-0.2, -0.15) is 0 Å². The van der Waals surface area contributed by atoms with Gasteiger partial charge in [0.1, 0.15) is 0 Å². The van der Waals surface area contributed by atoms with Crippen molar-refractivity contribution in [3.63, 3.8) is 0 Å². The summed E-state index contributed by atoms with van der Waals surface area (Å²) >= 11 is 0. The minimum Gasteiger partial charge on any atom is -0.310 e. The summed E-state index contributed by atoms with van der Waals surface area (Å²) in [5, 5.41) is 3.66. The molecule has 0 saturated carbocycles. The second-order valence-electron chi connectivity index (χ2n) is 5.01. The summed E-state index contributed by atoms with van der Waals surface area (Å²) in [4.78, 5) is 0. The van der Waals surface area contributed by atoms with E-state index in [9.17, 15) is 0 Å². The molecule has 1 aromatic rings. The second-order valence-corrected chi connectivity index (χ2v) is 5.01. The van der Waals surface area contributed by atoms with Gasteiger partial charge < -0.3 is 5.32 Å². The van der Waals surface area contributed by atoms with Crippen LogP contribution in [0, 0.1) is 5.92 Å². The largest absolute Gasteiger partial charge is 0.310 e. The SMILES string of the molecule is C1=CCC2CCNC(Cc3ccccc3)C2=C1. The molecule has 2 aliphatic rings. The lowest BCUT2D eigenvalue weighted by Gasteiger charge is -2.34. The van der Waals surface area contributed by atoms with E-state index in [0.717, 1.165) is 18.9 Å². The van der Waals surface area contributed by atoms with E-state index in [-0.39, 0.29) is 0 Å². The third kappa shape index (κ3) is 2.34. The van der Waals surface area contributed by atoms with Crippen LogP contribution in [-0.2, 0) is 6.42 Å². The van der Waals surface area contributed by atoms with Gasteiger partial charge in [-0.05, 0) is 42.9 Å². The van der Waals surface area contributed by atoms with Crippen molar-refractivity contribution in [1.82, 2.24) is 5.32 Å². The zero-order valence-corrected chi connectivity index (χ0v) is 10.1. The van der Waals surface area contributed by atoms with Crippen LogP contribution in [0.25, 0.3) is 0 Å². The average Bonchev–Trinajstić information content (AvgIpc) is 2.40. The fourth-order valence-corrected chi connectivity index (χ4v) is 2.97. The molecule has 0 spiro atoms. The molecule has 1 N–H and O–H groups in total. The van der Waals surface area contributed by atoms with Gasteiger partial charge in [0.15, 0.2) is 0 Å². The smallest absolute Gasteiger partial charge is 0.0325 e. The Bertz CT molecular complexity index is 430. The van der Waals surface area contributed by atoms with E-state index in [1.54, 1.807) is 5.57 Å². The number of hydrogen-bond donors (Lipinski definition) is 1. The molecule has 2 unspecified atom stereocenters. The van der Waals surface area contributed by atoms with Crippen molar-refractivity contribution in [2.24, 2.45) is 5.92 Å². The first-order chi connectivity index (χ1) is 8.43. The van der Waals surface area contributed by atoms with Crippen LogP contribution in [0.1, 0.15) is 18.4 Å². The minimum absolute atomic E-state index is 0.543. The van der Waals surface area contributed by atoms with Gasteiger partial charge in [-0.1, -0.05) is 48.6 Å². The molecule has 0 radical (unpaired) electrons. The Kier molecular flexibility index (Phi) is 3.10. The summed E-state index contributed by atoms with van der Waals surface area (Å²) in [5.41, 5.74) is 3.05. The highest BCUT2D eigenvalue weighted by Crippen LogP contribution is 2.30. The molecule has 88 valence electrons. The third-order valence-electron chi connectivity index (χ3n) is 3.89. The highest BCUT2D eigenvalue weighted by Gasteiger charge is 2.26. The van der Waals surface area contributed by atoms with Crippen molar-refractivity contribution in [1.29, 1.82) is 0 Å². The van der Waals surface area contributed by atoms with E-state index in [4.69, 9.17) is 0 Å². The van der Waals surface area contributed by atoms with Gasteiger partial charge in [0.2, 0.25) is 0 Å². The molecular formula is C16H19N. The van der Waals surface area contributed by atoms with Gasteiger partial charge in [-0.25, -0.2) is 0 Å².